The second-order valence-electron chi connectivity index (χ2n) is 5.82. The molecule has 0 aliphatic carbocycles. The highest BCUT2D eigenvalue weighted by Gasteiger charge is 2.19. The monoisotopic (exact) mass is 357 g/mol. The summed E-state index contributed by atoms with van der Waals surface area (Å²) >= 11 is 0. The topological polar surface area (TPSA) is 85.1 Å². The molecule has 0 amide bonds. The fourth-order valence-corrected chi connectivity index (χ4v) is 3.71. The van der Waals surface area contributed by atoms with E-state index in [2.05, 4.69) is 14.9 Å². The Morgan fingerprint density at radius 2 is 1.80 bits per heavy atom. The Bertz CT molecular complexity index is 993. The van der Waals surface area contributed by atoms with Crippen LogP contribution in [0.4, 0.5) is 5.69 Å². The van der Waals surface area contributed by atoms with Crippen LogP contribution >= 0.6 is 0 Å². The van der Waals surface area contributed by atoms with Crippen molar-refractivity contribution in [2.24, 2.45) is 0 Å². The molecule has 1 heterocycles. The molecule has 0 atom stereocenters. The lowest BCUT2D eigenvalue weighted by Crippen LogP contribution is -2.14. The number of hydrogen-bond acceptors (Lipinski definition) is 5. The zero-order valence-electron chi connectivity index (χ0n) is 14.3. The van der Waals surface area contributed by atoms with Gasteiger partial charge in [0.2, 0.25) is 11.7 Å². The summed E-state index contributed by atoms with van der Waals surface area (Å²) in [5, 5.41) is 3.90. The van der Waals surface area contributed by atoms with Gasteiger partial charge in [-0.3, -0.25) is 4.72 Å². The zero-order chi connectivity index (χ0) is 18.0. The average molecular weight is 357 g/mol. The average Bonchev–Trinajstić information content (AvgIpc) is 3.06. The van der Waals surface area contributed by atoms with E-state index in [1.54, 1.807) is 37.3 Å². The molecule has 130 valence electrons. The molecular formula is C18H19N3O3S. The van der Waals surface area contributed by atoms with Gasteiger partial charge in [0.1, 0.15) is 0 Å². The highest BCUT2D eigenvalue weighted by molar-refractivity contribution is 7.92. The maximum absolute atomic E-state index is 12.8. The first kappa shape index (κ1) is 17.2. The number of hydrogen-bond donors (Lipinski definition) is 1. The predicted molar refractivity (Wildman–Crippen MR) is 95.8 cm³/mol. The lowest BCUT2D eigenvalue weighted by atomic mass is 10.1. The third-order valence-electron chi connectivity index (χ3n) is 3.81. The van der Waals surface area contributed by atoms with Gasteiger partial charge >= 0.3 is 0 Å². The SMILES string of the molecule is CCc1nc(-c2ccc(C)c(S(=O)(=O)Nc3ccc(C)cc3)c2)no1. The summed E-state index contributed by atoms with van der Waals surface area (Å²) in [6, 6.07) is 12.3. The molecule has 0 bridgehead atoms. The van der Waals surface area contributed by atoms with Crippen molar-refractivity contribution in [3.8, 4) is 11.4 Å². The van der Waals surface area contributed by atoms with Crippen molar-refractivity contribution >= 4 is 15.7 Å². The minimum atomic E-state index is -3.72. The molecule has 0 spiro atoms. The van der Waals surface area contributed by atoms with E-state index in [-0.39, 0.29) is 4.90 Å². The van der Waals surface area contributed by atoms with E-state index >= 15 is 0 Å². The summed E-state index contributed by atoms with van der Waals surface area (Å²) in [6.07, 6.45) is 0.624. The molecule has 7 heteroatoms. The molecule has 0 aliphatic heterocycles. The summed E-state index contributed by atoms with van der Waals surface area (Å²) in [6.45, 7) is 5.61. The zero-order valence-corrected chi connectivity index (χ0v) is 15.1. The number of nitrogens with one attached hydrogen (secondary N) is 1. The molecule has 0 fully saturated rings. The Hall–Kier alpha value is -2.67. The summed E-state index contributed by atoms with van der Waals surface area (Å²) < 4.78 is 33.3. The van der Waals surface area contributed by atoms with Crippen molar-refractivity contribution in [1.82, 2.24) is 10.1 Å². The van der Waals surface area contributed by atoms with Crippen molar-refractivity contribution < 1.29 is 12.9 Å². The number of aromatic nitrogens is 2. The van der Waals surface area contributed by atoms with Crippen molar-refractivity contribution in [1.29, 1.82) is 0 Å². The van der Waals surface area contributed by atoms with Crippen LogP contribution in [0.5, 0.6) is 0 Å². The minimum absolute atomic E-state index is 0.188. The molecule has 2 aromatic carbocycles. The maximum Gasteiger partial charge on any atom is 0.262 e. The van der Waals surface area contributed by atoms with Gasteiger partial charge < -0.3 is 4.52 Å². The number of aryl methyl sites for hydroxylation is 3. The molecular weight excluding hydrogens is 338 g/mol. The Morgan fingerprint density at radius 3 is 2.44 bits per heavy atom. The highest BCUT2D eigenvalue weighted by Crippen LogP contribution is 2.25. The predicted octanol–water partition coefficient (Wildman–Crippen LogP) is 3.72. The number of anilines is 1. The van der Waals surface area contributed by atoms with E-state index in [9.17, 15) is 8.42 Å². The molecule has 0 saturated carbocycles. The third kappa shape index (κ3) is 3.71. The van der Waals surface area contributed by atoms with E-state index < -0.39 is 10.0 Å². The standard InChI is InChI=1S/C18H19N3O3S/c1-4-17-19-18(20-24-17)14-8-7-13(3)16(11-14)25(22,23)21-15-9-5-12(2)6-10-15/h5-11,21H,4H2,1-3H3. The van der Waals surface area contributed by atoms with Crippen molar-refractivity contribution in [2.75, 3.05) is 4.72 Å². The Labute approximate surface area is 147 Å². The summed E-state index contributed by atoms with van der Waals surface area (Å²) in [4.78, 5) is 4.44. The minimum Gasteiger partial charge on any atom is -0.339 e. The van der Waals surface area contributed by atoms with Crippen molar-refractivity contribution in [3.05, 3.63) is 59.5 Å². The lowest BCUT2D eigenvalue weighted by molar-refractivity contribution is 0.383. The lowest BCUT2D eigenvalue weighted by Gasteiger charge is -2.11. The van der Waals surface area contributed by atoms with Gasteiger partial charge in [-0.2, -0.15) is 4.98 Å². The van der Waals surface area contributed by atoms with Crippen LogP contribution in [0.2, 0.25) is 0 Å². The first-order valence-corrected chi connectivity index (χ1v) is 9.40. The fourth-order valence-electron chi connectivity index (χ4n) is 2.38. The fraction of sp³-hybridized carbons (Fsp3) is 0.222. The van der Waals surface area contributed by atoms with Crippen molar-refractivity contribution in [3.63, 3.8) is 0 Å². The molecule has 3 rings (SSSR count). The molecule has 3 aromatic rings. The molecule has 0 aliphatic rings. The van der Waals surface area contributed by atoms with E-state index in [0.717, 1.165) is 5.56 Å². The van der Waals surface area contributed by atoms with Gasteiger partial charge in [-0.15, -0.1) is 0 Å². The molecule has 0 unspecified atom stereocenters. The summed E-state index contributed by atoms with van der Waals surface area (Å²) in [7, 11) is -3.72. The van der Waals surface area contributed by atoms with Gasteiger partial charge in [-0.1, -0.05) is 41.9 Å². The molecule has 1 aromatic heterocycles. The maximum atomic E-state index is 12.8. The Balaban J connectivity index is 1.97. The van der Waals surface area contributed by atoms with Crippen LogP contribution in [-0.4, -0.2) is 18.6 Å². The molecule has 0 radical (unpaired) electrons. The van der Waals surface area contributed by atoms with Crippen molar-refractivity contribution in [2.45, 2.75) is 32.1 Å². The van der Waals surface area contributed by atoms with Gasteiger partial charge in [0.05, 0.1) is 4.90 Å². The van der Waals surface area contributed by atoms with E-state index in [4.69, 9.17) is 4.52 Å². The van der Waals surface area contributed by atoms with E-state index in [0.29, 0.717) is 35.0 Å². The van der Waals surface area contributed by atoms with Crippen LogP contribution in [0.25, 0.3) is 11.4 Å². The van der Waals surface area contributed by atoms with Crippen LogP contribution in [0.3, 0.4) is 0 Å². The van der Waals surface area contributed by atoms with E-state index in [1.807, 2.05) is 26.0 Å². The van der Waals surface area contributed by atoms with Crippen LogP contribution in [0, 0.1) is 13.8 Å². The van der Waals surface area contributed by atoms with Crippen LogP contribution < -0.4 is 4.72 Å². The smallest absolute Gasteiger partial charge is 0.262 e. The molecule has 1 N–H and O–H groups in total. The third-order valence-corrected chi connectivity index (χ3v) is 5.33. The number of sulfonamides is 1. The Kier molecular flexibility index (Phi) is 4.59. The quantitative estimate of drug-likeness (QED) is 0.752. The molecule has 0 saturated heterocycles. The van der Waals surface area contributed by atoms with Gasteiger partial charge in [-0.25, -0.2) is 8.42 Å². The normalized spacial score (nSPS) is 11.5. The van der Waals surface area contributed by atoms with E-state index in [1.165, 1.54) is 0 Å². The molecule has 25 heavy (non-hydrogen) atoms. The highest BCUT2D eigenvalue weighted by atomic mass is 32.2. The van der Waals surface area contributed by atoms with Crippen LogP contribution in [0.1, 0.15) is 23.9 Å². The summed E-state index contributed by atoms with van der Waals surface area (Å²) in [5.41, 5.74) is 2.81. The first-order chi connectivity index (χ1) is 11.9. The number of benzene rings is 2. The van der Waals surface area contributed by atoms with Crippen LogP contribution in [-0.2, 0) is 16.4 Å². The Morgan fingerprint density at radius 1 is 1.08 bits per heavy atom. The van der Waals surface area contributed by atoms with Gasteiger partial charge in [-0.05, 0) is 37.6 Å². The van der Waals surface area contributed by atoms with Gasteiger partial charge in [0.15, 0.2) is 0 Å². The second-order valence-corrected chi connectivity index (χ2v) is 7.47. The largest absolute Gasteiger partial charge is 0.339 e. The number of rotatable bonds is 5. The first-order valence-electron chi connectivity index (χ1n) is 7.92. The second kappa shape index (κ2) is 6.68. The number of nitrogens with zero attached hydrogens (tertiary/aromatic N) is 2. The van der Waals surface area contributed by atoms with Gasteiger partial charge in [0.25, 0.3) is 10.0 Å². The summed E-state index contributed by atoms with van der Waals surface area (Å²) in [5.74, 6) is 0.890. The van der Waals surface area contributed by atoms with Crippen LogP contribution in [0.15, 0.2) is 51.9 Å². The molecule has 6 nitrogen and oxygen atoms in total. The van der Waals surface area contributed by atoms with Gasteiger partial charge in [0, 0.05) is 17.7 Å².